The minimum Gasteiger partial charge on any atom is -0.341 e. The van der Waals surface area contributed by atoms with Crippen LogP contribution >= 0.6 is 23.5 Å². The van der Waals surface area contributed by atoms with Crippen molar-refractivity contribution in [3.8, 4) is 0 Å². The van der Waals surface area contributed by atoms with Crippen LogP contribution in [0.5, 0.6) is 0 Å². The minimum absolute atomic E-state index is 0.0395. The first-order valence-electron chi connectivity index (χ1n) is 8.53. The fourth-order valence-electron chi connectivity index (χ4n) is 2.99. The van der Waals surface area contributed by atoms with Crippen LogP contribution in [0.3, 0.4) is 0 Å². The van der Waals surface area contributed by atoms with E-state index in [0.29, 0.717) is 24.0 Å². The molecule has 2 aromatic rings. The van der Waals surface area contributed by atoms with Gasteiger partial charge in [0.25, 0.3) is 0 Å². The van der Waals surface area contributed by atoms with E-state index in [2.05, 4.69) is 9.97 Å². The predicted molar refractivity (Wildman–Crippen MR) is 105 cm³/mol. The SMILES string of the molecule is CSc1ccc(C(=O)C2CCCN(C(=O)CSc3ncccn3)C2)cc1. The molecule has 7 heteroatoms. The zero-order valence-electron chi connectivity index (χ0n) is 14.6. The fourth-order valence-corrected chi connectivity index (χ4v) is 4.10. The van der Waals surface area contributed by atoms with Crippen molar-refractivity contribution < 1.29 is 9.59 Å². The molecule has 1 aromatic heterocycles. The summed E-state index contributed by atoms with van der Waals surface area (Å²) in [6.07, 6.45) is 7.04. The van der Waals surface area contributed by atoms with E-state index in [-0.39, 0.29) is 17.6 Å². The number of rotatable bonds is 6. The molecule has 0 spiro atoms. The monoisotopic (exact) mass is 387 g/mol. The molecule has 1 aliphatic rings. The highest BCUT2D eigenvalue weighted by Crippen LogP contribution is 2.24. The Kier molecular flexibility index (Phi) is 6.68. The molecular formula is C19H21N3O2S2. The molecule has 2 heterocycles. The van der Waals surface area contributed by atoms with Crippen molar-refractivity contribution in [1.29, 1.82) is 0 Å². The van der Waals surface area contributed by atoms with E-state index >= 15 is 0 Å². The van der Waals surface area contributed by atoms with Gasteiger partial charge in [-0.2, -0.15) is 0 Å². The number of nitrogens with zero attached hydrogens (tertiary/aromatic N) is 3. The number of carbonyl (C=O) groups excluding carboxylic acids is 2. The molecule has 1 atom stereocenters. The van der Waals surface area contributed by atoms with Crippen LogP contribution in [0.1, 0.15) is 23.2 Å². The lowest BCUT2D eigenvalue weighted by Crippen LogP contribution is -2.43. The maximum Gasteiger partial charge on any atom is 0.233 e. The summed E-state index contributed by atoms with van der Waals surface area (Å²) in [4.78, 5) is 36.5. The highest BCUT2D eigenvalue weighted by molar-refractivity contribution is 7.99. The van der Waals surface area contributed by atoms with Crippen LogP contribution in [0.15, 0.2) is 52.8 Å². The first kappa shape index (κ1) is 18.9. The summed E-state index contributed by atoms with van der Waals surface area (Å²) < 4.78 is 0. The molecule has 0 radical (unpaired) electrons. The molecule has 0 bridgehead atoms. The molecule has 5 nitrogen and oxygen atoms in total. The molecule has 26 heavy (non-hydrogen) atoms. The molecule has 1 aromatic carbocycles. The third-order valence-corrected chi connectivity index (χ3v) is 5.99. The van der Waals surface area contributed by atoms with Gasteiger partial charge in [0.05, 0.1) is 5.75 Å². The Morgan fingerprint density at radius 3 is 2.62 bits per heavy atom. The van der Waals surface area contributed by atoms with Crippen molar-refractivity contribution in [1.82, 2.24) is 14.9 Å². The zero-order valence-corrected chi connectivity index (χ0v) is 16.3. The van der Waals surface area contributed by atoms with Crippen molar-refractivity contribution >= 4 is 35.2 Å². The Morgan fingerprint density at radius 1 is 1.19 bits per heavy atom. The van der Waals surface area contributed by atoms with Crippen LogP contribution in [0.25, 0.3) is 0 Å². The van der Waals surface area contributed by atoms with Crippen LogP contribution in [-0.4, -0.2) is 51.7 Å². The van der Waals surface area contributed by atoms with E-state index in [1.54, 1.807) is 35.1 Å². The van der Waals surface area contributed by atoms with E-state index < -0.39 is 0 Å². The van der Waals surface area contributed by atoms with Gasteiger partial charge in [0, 0.05) is 41.9 Å². The van der Waals surface area contributed by atoms with Crippen LogP contribution in [0, 0.1) is 5.92 Å². The molecule has 0 saturated carbocycles. The Labute approximate surface area is 162 Å². The number of ketones is 1. The van der Waals surface area contributed by atoms with Gasteiger partial charge < -0.3 is 4.90 Å². The van der Waals surface area contributed by atoms with Crippen molar-refractivity contribution in [3.05, 3.63) is 48.3 Å². The second-order valence-corrected chi connectivity index (χ2v) is 7.91. The quantitative estimate of drug-likeness (QED) is 0.430. The summed E-state index contributed by atoms with van der Waals surface area (Å²) in [6.45, 7) is 1.21. The van der Waals surface area contributed by atoms with E-state index in [4.69, 9.17) is 0 Å². The van der Waals surface area contributed by atoms with Gasteiger partial charge in [0.2, 0.25) is 5.91 Å². The molecule has 1 aliphatic heterocycles. The number of thioether (sulfide) groups is 2. The lowest BCUT2D eigenvalue weighted by Gasteiger charge is -2.32. The Morgan fingerprint density at radius 2 is 1.92 bits per heavy atom. The molecule has 1 amide bonds. The van der Waals surface area contributed by atoms with Gasteiger partial charge in [-0.1, -0.05) is 23.9 Å². The van der Waals surface area contributed by atoms with Gasteiger partial charge in [0.1, 0.15) is 0 Å². The van der Waals surface area contributed by atoms with Crippen molar-refractivity contribution in [2.75, 3.05) is 25.1 Å². The average Bonchev–Trinajstić information content (AvgIpc) is 2.72. The van der Waals surface area contributed by atoms with Crippen LogP contribution < -0.4 is 0 Å². The zero-order chi connectivity index (χ0) is 18.4. The standard InChI is InChI=1S/C19H21N3O2S2/c1-25-16-7-5-14(6-8-16)18(24)15-4-2-11-22(12-15)17(23)13-26-19-20-9-3-10-21-19/h3,5-10,15H,2,4,11-13H2,1H3. The molecule has 1 fully saturated rings. The van der Waals surface area contributed by atoms with E-state index in [1.807, 2.05) is 30.5 Å². The van der Waals surface area contributed by atoms with Crippen molar-refractivity contribution in [3.63, 3.8) is 0 Å². The van der Waals surface area contributed by atoms with Crippen LogP contribution in [-0.2, 0) is 4.79 Å². The van der Waals surface area contributed by atoms with Crippen LogP contribution in [0.4, 0.5) is 0 Å². The number of piperidine rings is 1. The number of hydrogen-bond donors (Lipinski definition) is 0. The molecule has 0 N–H and O–H groups in total. The maximum atomic E-state index is 12.8. The Bertz CT molecular complexity index is 753. The number of carbonyl (C=O) groups is 2. The van der Waals surface area contributed by atoms with Crippen molar-refractivity contribution in [2.45, 2.75) is 22.9 Å². The minimum atomic E-state index is -0.120. The van der Waals surface area contributed by atoms with Gasteiger partial charge in [-0.25, -0.2) is 9.97 Å². The fraction of sp³-hybridized carbons (Fsp3) is 0.368. The van der Waals surface area contributed by atoms with Gasteiger partial charge in [0.15, 0.2) is 10.9 Å². The van der Waals surface area contributed by atoms with E-state index in [1.165, 1.54) is 11.8 Å². The Balaban J connectivity index is 1.57. The highest BCUT2D eigenvalue weighted by Gasteiger charge is 2.29. The lowest BCUT2D eigenvalue weighted by molar-refractivity contribution is -0.129. The maximum absolute atomic E-state index is 12.8. The first-order chi connectivity index (χ1) is 12.7. The normalized spacial score (nSPS) is 17.1. The number of benzene rings is 1. The van der Waals surface area contributed by atoms with Crippen molar-refractivity contribution in [2.24, 2.45) is 5.92 Å². The van der Waals surface area contributed by atoms with Gasteiger partial charge in [-0.15, -0.1) is 11.8 Å². The summed E-state index contributed by atoms with van der Waals surface area (Å²) in [5.41, 5.74) is 0.731. The molecule has 3 rings (SSSR count). The van der Waals surface area contributed by atoms with E-state index in [9.17, 15) is 9.59 Å². The predicted octanol–water partition coefficient (Wildman–Crippen LogP) is 3.41. The molecular weight excluding hydrogens is 366 g/mol. The van der Waals surface area contributed by atoms with Crippen LogP contribution in [0.2, 0.25) is 0 Å². The molecule has 1 saturated heterocycles. The number of Topliss-reactive ketones (excluding diaryl/α,β-unsaturated/α-hetero) is 1. The highest BCUT2D eigenvalue weighted by atomic mass is 32.2. The summed E-state index contributed by atoms with van der Waals surface area (Å²) in [7, 11) is 0. The average molecular weight is 388 g/mol. The van der Waals surface area contributed by atoms with E-state index in [0.717, 1.165) is 23.3 Å². The summed E-state index contributed by atoms with van der Waals surface area (Å²) in [5.74, 6) is 0.352. The molecule has 0 aliphatic carbocycles. The molecule has 1 unspecified atom stereocenters. The summed E-state index contributed by atoms with van der Waals surface area (Å²) >= 11 is 2.99. The summed E-state index contributed by atoms with van der Waals surface area (Å²) in [5, 5.41) is 0.597. The smallest absolute Gasteiger partial charge is 0.233 e. The lowest BCUT2D eigenvalue weighted by atomic mass is 9.90. The topological polar surface area (TPSA) is 63.2 Å². The number of aromatic nitrogens is 2. The second-order valence-electron chi connectivity index (χ2n) is 6.09. The number of amides is 1. The third kappa shape index (κ3) is 4.86. The van der Waals surface area contributed by atoms with Gasteiger partial charge >= 0.3 is 0 Å². The summed E-state index contributed by atoms with van der Waals surface area (Å²) in [6, 6.07) is 9.47. The molecule has 136 valence electrons. The first-order valence-corrected chi connectivity index (χ1v) is 10.7. The Hall–Kier alpha value is -1.86. The number of hydrogen-bond acceptors (Lipinski definition) is 6. The number of likely N-dealkylation sites (tertiary alicyclic amines) is 1. The largest absolute Gasteiger partial charge is 0.341 e. The second kappa shape index (κ2) is 9.19. The van der Waals surface area contributed by atoms with Gasteiger partial charge in [-0.3, -0.25) is 9.59 Å². The third-order valence-electron chi connectivity index (χ3n) is 4.39. The van der Waals surface area contributed by atoms with Gasteiger partial charge in [-0.05, 0) is 37.3 Å².